The highest BCUT2D eigenvalue weighted by Crippen LogP contribution is 2.17. The van der Waals surface area contributed by atoms with Crippen LogP contribution in [0.5, 0.6) is 0 Å². The van der Waals surface area contributed by atoms with Crippen LogP contribution in [0.4, 0.5) is 4.39 Å². The van der Waals surface area contributed by atoms with Gasteiger partial charge < -0.3 is 10.0 Å². The number of nitrogens with zero attached hydrogens (tertiary/aromatic N) is 2. The van der Waals surface area contributed by atoms with Gasteiger partial charge in [-0.25, -0.2) is 9.37 Å². The topological polar surface area (TPSA) is 53.4 Å². The largest absolute Gasteiger partial charge is 0.395 e. The van der Waals surface area contributed by atoms with Crippen molar-refractivity contribution in [3.05, 3.63) is 64.7 Å². The number of hydrogen-bond acceptors (Lipinski definition) is 3. The molecule has 0 saturated heterocycles. The van der Waals surface area contributed by atoms with Crippen LogP contribution in [0.1, 0.15) is 15.9 Å². The van der Waals surface area contributed by atoms with Gasteiger partial charge in [0.2, 0.25) is 0 Å². The smallest absolute Gasteiger partial charge is 0.257 e. The summed E-state index contributed by atoms with van der Waals surface area (Å²) in [6.45, 7) is 0.229. The molecule has 2 rings (SSSR count). The first-order valence-electron chi connectivity index (χ1n) is 6.37. The molecule has 110 valence electrons. The summed E-state index contributed by atoms with van der Waals surface area (Å²) in [6, 6.07) is 10.4. The zero-order chi connectivity index (χ0) is 15.2. The van der Waals surface area contributed by atoms with Crippen molar-refractivity contribution in [2.24, 2.45) is 0 Å². The lowest BCUT2D eigenvalue weighted by Crippen LogP contribution is -2.33. The van der Waals surface area contributed by atoms with Crippen LogP contribution in [0.3, 0.4) is 0 Å². The van der Waals surface area contributed by atoms with Crippen LogP contribution < -0.4 is 0 Å². The lowest BCUT2D eigenvalue weighted by Gasteiger charge is -2.22. The van der Waals surface area contributed by atoms with Crippen molar-refractivity contribution in [1.29, 1.82) is 0 Å². The minimum Gasteiger partial charge on any atom is -0.395 e. The Kier molecular flexibility index (Phi) is 5.25. The number of carbonyl (C=O) groups is 1. The van der Waals surface area contributed by atoms with Crippen molar-refractivity contribution in [1.82, 2.24) is 9.88 Å². The fourth-order valence-electron chi connectivity index (χ4n) is 1.92. The van der Waals surface area contributed by atoms with Crippen molar-refractivity contribution in [3.63, 3.8) is 0 Å². The quantitative estimate of drug-likeness (QED) is 0.864. The molecule has 0 spiro atoms. The zero-order valence-corrected chi connectivity index (χ0v) is 11.9. The average molecular weight is 309 g/mol. The number of amides is 1. The van der Waals surface area contributed by atoms with Crippen LogP contribution >= 0.6 is 11.6 Å². The number of hydrogen-bond donors (Lipinski definition) is 1. The van der Waals surface area contributed by atoms with Gasteiger partial charge in [0.1, 0.15) is 11.0 Å². The molecule has 1 N–H and O–H groups in total. The lowest BCUT2D eigenvalue weighted by atomic mass is 10.2. The third kappa shape index (κ3) is 4.00. The molecule has 0 aliphatic rings. The summed E-state index contributed by atoms with van der Waals surface area (Å²) in [5.41, 5.74) is 0.890. The molecular weight excluding hydrogens is 295 g/mol. The maximum absolute atomic E-state index is 13.2. The molecular formula is C15H14ClFN2O2. The van der Waals surface area contributed by atoms with Crippen LogP contribution in [0, 0.1) is 5.82 Å². The molecule has 1 amide bonds. The molecule has 0 unspecified atom stereocenters. The Morgan fingerprint density at radius 3 is 2.71 bits per heavy atom. The Bertz CT molecular complexity index is 622. The first kappa shape index (κ1) is 15.4. The normalized spacial score (nSPS) is 10.4. The van der Waals surface area contributed by atoms with Gasteiger partial charge in [0, 0.05) is 13.1 Å². The fourth-order valence-corrected chi connectivity index (χ4v) is 2.10. The first-order chi connectivity index (χ1) is 10.1. The maximum Gasteiger partial charge on any atom is 0.257 e. The van der Waals surface area contributed by atoms with E-state index < -0.39 is 11.7 Å². The molecule has 4 nitrogen and oxygen atoms in total. The number of carbonyl (C=O) groups excluding carboxylic acids is 1. The first-order valence-corrected chi connectivity index (χ1v) is 6.74. The third-order valence-corrected chi connectivity index (χ3v) is 3.21. The van der Waals surface area contributed by atoms with Gasteiger partial charge in [-0.2, -0.15) is 0 Å². The van der Waals surface area contributed by atoms with Gasteiger partial charge in [-0.1, -0.05) is 41.9 Å². The summed E-state index contributed by atoms with van der Waals surface area (Å²) < 4.78 is 13.2. The summed E-state index contributed by atoms with van der Waals surface area (Å²) in [6.07, 6.45) is 0.951. The number of pyridine rings is 1. The van der Waals surface area contributed by atoms with E-state index in [0.717, 1.165) is 17.8 Å². The van der Waals surface area contributed by atoms with E-state index in [1.54, 1.807) is 0 Å². The molecule has 0 radical (unpaired) electrons. The van der Waals surface area contributed by atoms with Gasteiger partial charge in [0.25, 0.3) is 5.91 Å². The standard InChI is InChI=1S/C15H14ClFN2O2/c16-14-13(8-12(17)9-18-14)15(21)19(6-7-20)10-11-4-2-1-3-5-11/h1-5,8-9,20H,6-7,10H2. The SMILES string of the molecule is O=C(c1cc(F)cnc1Cl)N(CCO)Cc1ccccc1. The number of aliphatic hydroxyl groups excluding tert-OH is 1. The number of aromatic nitrogens is 1. The minimum absolute atomic E-state index is 0.0129. The van der Waals surface area contributed by atoms with Gasteiger partial charge in [0.05, 0.1) is 18.4 Å². The van der Waals surface area contributed by atoms with Crippen molar-refractivity contribution in [2.45, 2.75) is 6.54 Å². The summed E-state index contributed by atoms with van der Waals surface area (Å²) in [5.74, 6) is -1.10. The van der Waals surface area contributed by atoms with E-state index in [1.807, 2.05) is 30.3 Å². The van der Waals surface area contributed by atoms with Crippen molar-refractivity contribution in [3.8, 4) is 0 Å². The highest BCUT2D eigenvalue weighted by Gasteiger charge is 2.20. The van der Waals surface area contributed by atoms with Crippen LogP contribution in [0.25, 0.3) is 0 Å². The number of rotatable bonds is 5. The highest BCUT2D eigenvalue weighted by atomic mass is 35.5. The van der Waals surface area contributed by atoms with Crippen molar-refractivity contribution < 1.29 is 14.3 Å². The molecule has 1 heterocycles. The Labute approximate surface area is 126 Å². The van der Waals surface area contributed by atoms with E-state index >= 15 is 0 Å². The molecule has 6 heteroatoms. The predicted octanol–water partition coefficient (Wildman–Crippen LogP) is 2.51. The van der Waals surface area contributed by atoms with Gasteiger partial charge in [0.15, 0.2) is 0 Å². The van der Waals surface area contributed by atoms with Crippen LogP contribution in [0.15, 0.2) is 42.6 Å². The van der Waals surface area contributed by atoms with E-state index in [2.05, 4.69) is 4.98 Å². The van der Waals surface area contributed by atoms with Crippen molar-refractivity contribution >= 4 is 17.5 Å². The molecule has 0 fully saturated rings. The molecule has 1 aromatic carbocycles. The van der Waals surface area contributed by atoms with Crippen LogP contribution in [0.2, 0.25) is 5.15 Å². The molecule has 0 atom stereocenters. The predicted molar refractivity (Wildman–Crippen MR) is 77.5 cm³/mol. The highest BCUT2D eigenvalue weighted by molar-refractivity contribution is 6.32. The molecule has 0 saturated carbocycles. The number of aliphatic hydroxyl groups is 1. The molecule has 21 heavy (non-hydrogen) atoms. The van der Waals surface area contributed by atoms with E-state index in [4.69, 9.17) is 16.7 Å². The van der Waals surface area contributed by atoms with E-state index in [0.29, 0.717) is 6.54 Å². The van der Waals surface area contributed by atoms with Gasteiger partial charge in [-0.15, -0.1) is 0 Å². The summed E-state index contributed by atoms with van der Waals surface area (Å²) in [5, 5.41) is 9.06. The van der Waals surface area contributed by atoms with Gasteiger partial charge >= 0.3 is 0 Å². The molecule has 0 aliphatic carbocycles. The fraction of sp³-hybridized carbons (Fsp3) is 0.200. The average Bonchev–Trinajstić information content (AvgIpc) is 2.49. The van der Waals surface area contributed by atoms with Crippen LogP contribution in [-0.4, -0.2) is 34.0 Å². The summed E-state index contributed by atoms with van der Waals surface area (Å²) in [7, 11) is 0. The Balaban J connectivity index is 2.25. The number of benzene rings is 1. The second-order valence-electron chi connectivity index (χ2n) is 4.43. The summed E-state index contributed by atoms with van der Waals surface area (Å²) in [4.78, 5) is 17.5. The second kappa shape index (κ2) is 7.15. The minimum atomic E-state index is -0.633. The zero-order valence-electron chi connectivity index (χ0n) is 11.2. The molecule has 0 aliphatic heterocycles. The van der Waals surface area contributed by atoms with Crippen molar-refractivity contribution in [2.75, 3.05) is 13.2 Å². The Hall–Kier alpha value is -1.98. The molecule has 2 aromatic rings. The monoisotopic (exact) mass is 308 g/mol. The third-order valence-electron chi connectivity index (χ3n) is 2.91. The molecule has 1 aromatic heterocycles. The Morgan fingerprint density at radius 2 is 2.05 bits per heavy atom. The lowest BCUT2D eigenvalue weighted by molar-refractivity contribution is 0.0707. The second-order valence-corrected chi connectivity index (χ2v) is 4.79. The Morgan fingerprint density at radius 1 is 1.33 bits per heavy atom. The maximum atomic E-state index is 13.2. The van der Waals surface area contributed by atoms with Gasteiger partial charge in [-0.05, 0) is 11.6 Å². The molecule has 0 bridgehead atoms. The summed E-state index contributed by atoms with van der Waals surface area (Å²) >= 11 is 5.85. The van der Waals surface area contributed by atoms with E-state index in [-0.39, 0.29) is 23.9 Å². The van der Waals surface area contributed by atoms with Gasteiger partial charge in [-0.3, -0.25) is 4.79 Å². The number of halogens is 2. The van der Waals surface area contributed by atoms with E-state index in [1.165, 1.54) is 4.90 Å². The van der Waals surface area contributed by atoms with Crippen LogP contribution in [-0.2, 0) is 6.54 Å². The van der Waals surface area contributed by atoms with E-state index in [9.17, 15) is 9.18 Å².